The summed E-state index contributed by atoms with van der Waals surface area (Å²) in [6.07, 6.45) is 5.43. The van der Waals surface area contributed by atoms with E-state index in [0.717, 1.165) is 43.9 Å². The summed E-state index contributed by atoms with van der Waals surface area (Å²) < 4.78 is 5.14. The largest absolute Gasteiger partial charge is 0.497 e. The Labute approximate surface area is 176 Å². The van der Waals surface area contributed by atoms with Gasteiger partial charge < -0.3 is 25.2 Å². The summed E-state index contributed by atoms with van der Waals surface area (Å²) >= 11 is 0. The summed E-state index contributed by atoms with van der Waals surface area (Å²) in [7, 11) is 1.60. The lowest BCUT2D eigenvalue weighted by molar-refractivity contribution is -0.119. The molecule has 8 nitrogen and oxygen atoms in total. The molecule has 1 unspecified atom stereocenters. The minimum atomic E-state index is -0.501. The molecule has 4 rings (SSSR count). The van der Waals surface area contributed by atoms with E-state index in [2.05, 4.69) is 20.5 Å². The van der Waals surface area contributed by atoms with Crippen LogP contribution in [0, 0.1) is 0 Å². The van der Waals surface area contributed by atoms with Crippen molar-refractivity contribution in [1.29, 1.82) is 0 Å². The summed E-state index contributed by atoms with van der Waals surface area (Å²) in [5.74, 6) is 1.33. The van der Waals surface area contributed by atoms with Crippen molar-refractivity contribution in [2.45, 2.75) is 31.7 Å². The van der Waals surface area contributed by atoms with Gasteiger partial charge in [0.2, 0.25) is 5.91 Å². The molecule has 0 spiro atoms. The molecular weight excluding hydrogens is 382 g/mol. The van der Waals surface area contributed by atoms with E-state index in [9.17, 15) is 9.59 Å². The topological polar surface area (TPSA) is 86.8 Å². The average molecular weight is 409 g/mol. The second kappa shape index (κ2) is 9.02. The van der Waals surface area contributed by atoms with E-state index in [1.54, 1.807) is 42.5 Å². The Morgan fingerprint density at radius 2 is 1.80 bits per heavy atom. The first-order valence-electron chi connectivity index (χ1n) is 10.4. The normalized spacial score (nSPS) is 18.4. The van der Waals surface area contributed by atoms with E-state index < -0.39 is 6.04 Å². The fourth-order valence-corrected chi connectivity index (χ4v) is 4.04. The molecule has 2 N–H and O–H groups in total. The number of amides is 3. The molecule has 0 saturated carbocycles. The molecule has 1 aromatic carbocycles. The van der Waals surface area contributed by atoms with Crippen molar-refractivity contribution >= 4 is 29.1 Å². The number of hydrogen-bond donors (Lipinski definition) is 2. The summed E-state index contributed by atoms with van der Waals surface area (Å²) in [5.41, 5.74) is 1.36. The second-order valence-electron chi connectivity index (χ2n) is 7.57. The fourth-order valence-electron chi connectivity index (χ4n) is 4.04. The molecule has 2 saturated heterocycles. The number of aromatic nitrogens is 1. The minimum absolute atomic E-state index is 0.182. The Balaban J connectivity index is 1.43. The van der Waals surface area contributed by atoms with Crippen LogP contribution in [0.4, 0.5) is 22.0 Å². The number of nitrogens with one attached hydrogen (secondary N) is 2. The SMILES string of the molecule is COc1ccc(NC(=O)C2CCCN2C(=O)Nc2cccnc2N2CCCC2)cc1. The van der Waals surface area contributed by atoms with Crippen LogP contribution in [-0.4, -0.2) is 54.6 Å². The van der Waals surface area contributed by atoms with Crippen molar-refractivity contribution in [2.24, 2.45) is 0 Å². The van der Waals surface area contributed by atoms with Gasteiger partial charge in [-0.05, 0) is 62.1 Å². The molecule has 1 atom stereocenters. The number of hydrogen-bond acceptors (Lipinski definition) is 5. The van der Waals surface area contributed by atoms with Crippen LogP contribution < -0.4 is 20.3 Å². The zero-order valence-electron chi connectivity index (χ0n) is 17.1. The van der Waals surface area contributed by atoms with Gasteiger partial charge in [0.1, 0.15) is 11.8 Å². The summed E-state index contributed by atoms with van der Waals surface area (Å²) in [5, 5.41) is 5.88. The smallest absolute Gasteiger partial charge is 0.322 e. The van der Waals surface area contributed by atoms with Crippen molar-refractivity contribution in [3.8, 4) is 5.75 Å². The standard InChI is InChI=1S/C22H27N5O3/c1-30-17-10-8-16(9-11-17)24-21(28)19-7-5-15-27(19)22(29)25-18-6-4-12-23-20(18)26-13-2-3-14-26/h4,6,8-12,19H,2-3,5,7,13-15H2,1H3,(H,24,28)(H,25,29). The monoisotopic (exact) mass is 409 g/mol. The predicted octanol–water partition coefficient (Wildman–Crippen LogP) is 3.33. The van der Waals surface area contributed by atoms with Crippen molar-refractivity contribution < 1.29 is 14.3 Å². The van der Waals surface area contributed by atoms with Gasteiger partial charge in [0.25, 0.3) is 0 Å². The van der Waals surface area contributed by atoms with Crippen LogP contribution in [-0.2, 0) is 4.79 Å². The number of carbonyl (C=O) groups is 2. The Hall–Kier alpha value is -3.29. The van der Waals surface area contributed by atoms with Gasteiger partial charge in [-0.3, -0.25) is 4.79 Å². The first kappa shape index (κ1) is 20.0. The van der Waals surface area contributed by atoms with E-state index in [0.29, 0.717) is 24.3 Å². The Morgan fingerprint density at radius 1 is 1.03 bits per heavy atom. The van der Waals surface area contributed by atoms with Crippen LogP contribution in [0.25, 0.3) is 0 Å². The van der Waals surface area contributed by atoms with Crippen LogP contribution in [0.3, 0.4) is 0 Å². The number of rotatable bonds is 5. The van der Waals surface area contributed by atoms with Crippen LogP contribution in [0.2, 0.25) is 0 Å². The number of likely N-dealkylation sites (tertiary alicyclic amines) is 1. The molecule has 158 valence electrons. The third-order valence-electron chi connectivity index (χ3n) is 5.61. The highest BCUT2D eigenvalue weighted by Crippen LogP contribution is 2.28. The number of ether oxygens (including phenoxy) is 1. The maximum atomic E-state index is 13.0. The maximum absolute atomic E-state index is 13.0. The Bertz CT molecular complexity index is 896. The van der Waals surface area contributed by atoms with Gasteiger partial charge in [-0.2, -0.15) is 0 Å². The molecule has 3 amide bonds. The van der Waals surface area contributed by atoms with Crippen LogP contribution in [0.1, 0.15) is 25.7 Å². The quantitative estimate of drug-likeness (QED) is 0.791. The van der Waals surface area contributed by atoms with E-state index in [-0.39, 0.29) is 11.9 Å². The zero-order valence-corrected chi connectivity index (χ0v) is 17.1. The lowest BCUT2D eigenvalue weighted by Crippen LogP contribution is -2.45. The van der Waals surface area contributed by atoms with E-state index >= 15 is 0 Å². The fraction of sp³-hybridized carbons (Fsp3) is 0.409. The molecule has 1 aromatic heterocycles. The third kappa shape index (κ3) is 4.32. The number of pyridine rings is 1. The van der Waals surface area contributed by atoms with Gasteiger partial charge in [-0.25, -0.2) is 9.78 Å². The van der Waals surface area contributed by atoms with Crippen molar-refractivity contribution in [3.05, 3.63) is 42.6 Å². The molecule has 0 bridgehead atoms. The first-order chi connectivity index (χ1) is 14.7. The lowest BCUT2D eigenvalue weighted by Gasteiger charge is -2.26. The molecule has 2 aromatic rings. The molecule has 0 radical (unpaired) electrons. The number of anilines is 3. The molecule has 2 fully saturated rings. The molecule has 2 aliphatic heterocycles. The summed E-state index contributed by atoms with van der Waals surface area (Å²) in [4.78, 5) is 34.1. The summed E-state index contributed by atoms with van der Waals surface area (Å²) in [6.45, 7) is 2.43. The maximum Gasteiger partial charge on any atom is 0.322 e. The molecule has 8 heteroatoms. The molecule has 2 aliphatic rings. The van der Waals surface area contributed by atoms with E-state index in [1.807, 2.05) is 12.1 Å². The number of benzene rings is 1. The predicted molar refractivity (Wildman–Crippen MR) is 116 cm³/mol. The average Bonchev–Trinajstić information content (AvgIpc) is 3.47. The summed E-state index contributed by atoms with van der Waals surface area (Å²) in [6, 6.07) is 10.1. The van der Waals surface area contributed by atoms with Crippen LogP contribution in [0.5, 0.6) is 5.75 Å². The highest BCUT2D eigenvalue weighted by Gasteiger charge is 2.34. The van der Waals surface area contributed by atoms with Gasteiger partial charge in [0.15, 0.2) is 5.82 Å². The minimum Gasteiger partial charge on any atom is -0.497 e. The Kier molecular flexibility index (Phi) is 6.02. The third-order valence-corrected chi connectivity index (χ3v) is 5.61. The number of nitrogens with zero attached hydrogens (tertiary/aromatic N) is 3. The van der Waals surface area contributed by atoms with Gasteiger partial charge >= 0.3 is 6.03 Å². The second-order valence-corrected chi connectivity index (χ2v) is 7.57. The first-order valence-corrected chi connectivity index (χ1v) is 10.4. The van der Waals surface area contributed by atoms with Crippen molar-refractivity contribution in [2.75, 3.05) is 42.3 Å². The molecular formula is C22H27N5O3. The zero-order chi connectivity index (χ0) is 20.9. The highest BCUT2D eigenvalue weighted by molar-refractivity contribution is 6.00. The van der Waals surface area contributed by atoms with Gasteiger partial charge in [0, 0.05) is 31.5 Å². The lowest BCUT2D eigenvalue weighted by atomic mass is 10.2. The van der Waals surface area contributed by atoms with Crippen LogP contribution in [0.15, 0.2) is 42.6 Å². The van der Waals surface area contributed by atoms with E-state index in [1.165, 1.54) is 0 Å². The van der Waals surface area contributed by atoms with Crippen molar-refractivity contribution in [1.82, 2.24) is 9.88 Å². The van der Waals surface area contributed by atoms with Gasteiger partial charge in [-0.1, -0.05) is 0 Å². The molecule has 3 heterocycles. The van der Waals surface area contributed by atoms with Gasteiger partial charge in [0.05, 0.1) is 12.8 Å². The molecule has 30 heavy (non-hydrogen) atoms. The number of urea groups is 1. The van der Waals surface area contributed by atoms with Crippen LogP contribution >= 0.6 is 0 Å². The van der Waals surface area contributed by atoms with Crippen molar-refractivity contribution in [3.63, 3.8) is 0 Å². The van der Waals surface area contributed by atoms with Gasteiger partial charge in [-0.15, -0.1) is 0 Å². The number of carbonyl (C=O) groups excluding carboxylic acids is 2. The highest BCUT2D eigenvalue weighted by atomic mass is 16.5. The Morgan fingerprint density at radius 3 is 2.53 bits per heavy atom. The molecule has 0 aliphatic carbocycles. The number of methoxy groups -OCH3 is 1. The van der Waals surface area contributed by atoms with E-state index in [4.69, 9.17) is 4.74 Å².